The van der Waals surface area contributed by atoms with Gasteiger partial charge in [-0.05, 0) is 54.3 Å². The van der Waals surface area contributed by atoms with Crippen molar-refractivity contribution in [2.75, 3.05) is 39.3 Å². The topological polar surface area (TPSA) is 49.9 Å². The van der Waals surface area contributed by atoms with Crippen LogP contribution < -0.4 is 0 Å². The number of ether oxygens (including phenoxy) is 1. The lowest BCUT2D eigenvalue weighted by Crippen LogP contribution is -2.49. The normalized spacial score (nSPS) is 16.3. The molecule has 4 rings (SSSR count). The monoisotopic (exact) mass is 500 g/mol. The molecule has 1 atom stereocenters. The highest BCUT2D eigenvalue weighted by Gasteiger charge is 2.29. The molecule has 0 saturated carbocycles. The number of nitrogens with zero attached hydrogens (tertiary/aromatic N) is 2. The minimum Gasteiger partial charge on any atom is -0.367 e. The zero-order valence-electron chi connectivity index (χ0n) is 20.0. The maximum Gasteiger partial charge on any atom is 0.243 e. The van der Waals surface area contributed by atoms with Crippen molar-refractivity contribution >= 4 is 10.0 Å². The first-order valence-corrected chi connectivity index (χ1v) is 13.1. The second-order valence-corrected chi connectivity index (χ2v) is 10.8. The molecule has 3 aromatic carbocycles. The SMILES string of the molecule is Cc1ccc(C)c(S(=O)(=O)N2CCN(CCO[C@H](c3ccccc3)c3ccc(F)c(F)c3)CC2)c1. The molecular formula is C27H30F2N2O3S. The number of hydrogen-bond donors (Lipinski definition) is 0. The summed E-state index contributed by atoms with van der Waals surface area (Å²) in [5, 5.41) is 0. The summed E-state index contributed by atoms with van der Waals surface area (Å²) in [6, 6.07) is 18.7. The number of rotatable bonds is 8. The van der Waals surface area contributed by atoms with Gasteiger partial charge in [-0.15, -0.1) is 0 Å². The Morgan fingerprint density at radius 3 is 2.26 bits per heavy atom. The highest BCUT2D eigenvalue weighted by atomic mass is 32.2. The van der Waals surface area contributed by atoms with Crippen LogP contribution in [0.2, 0.25) is 0 Å². The van der Waals surface area contributed by atoms with E-state index in [0.717, 1.165) is 22.8 Å². The van der Waals surface area contributed by atoms with Gasteiger partial charge in [-0.1, -0.05) is 48.5 Å². The fourth-order valence-corrected chi connectivity index (χ4v) is 6.04. The van der Waals surface area contributed by atoms with Crippen molar-refractivity contribution in [2.24, 2.45) is 0 Å². The second-order valence-electron chi connectivity index (χ2n) is 8.85. The molecule has 0 aliphatic carbocycles. The van der Waals surface area contributed by atoms with Gasteiger partial charge in [0, 0.05) is 32.7 Å². The first-order chi connectivity index (χ1) is 16.8. The molecule has 8 heteroatoms. The van der Waals surface area contributed by atoms with Gasteiger partial charge in [0.15, 0.2) is 11.6 Å². The van der Waals surface area contributed by atoms with Gasteiger partial charge in [0.25, 0.3) is 0 Å². The van der Waals surface area contributed by atoms with Crippen molar-refractivity contribution in [2.45, 2.75) is 24.8 Å². The van der Waals surface area contributed by atoms with E-state index >= 15 is 0 Å². The van der Waals surface area contributed by atoms with E-state index in [1.165, 1.54) is 12.1 Å². The Bertz CT molecular complexity index is 1260. The molecule has 1 aliphatic heterocycles. The lowest BCUT2D eigenvalue weighted by atomic mass is 10.0. The van der Waals surface area contributed by atoms with Crippen molar-refractivity contribution in [1.29, 1.82) is 0 Å². The number of benzene rings is 3. The summed E-state index contributed by atoms with van der Waals surface area (Å²) < 4.78 is 61.3. The average Bonchev–Trinajstić information content (AvgIpc) is 2.86. The summed E-state index contributed by atoms with van der Waals surface area (Å²) in [5.41, 5.74) is 3.05. The zero-order chi connectivity index (χ0) is 25.0. The quantitative estimate of drug-likeness (QED) is 0.450. The van der Waals surface area contributed by atoms with Gasteiger partial charge < -0.3 is 4.74 Å². The predicted octanol–water partition coefficient (Wildman–Crippen LogP) is 4.69. The fraction of sp³-hybridized carbons (Fsp3) is 0.333. The van der Waals surface area contributed by atoms with Gasteiger partial charge in [-0.2, -0.15) is 4.31 Å². The average molecular weight is 501 g/mol. The highest BCUT2D eigenvalue weighted by molar-refractivity contribution is 7.89. The van der Waals surface area contributed by atoms with E-state index in [4.69, 9.17) is 4.74 Å². The summed E-state index contributed by atoms with van der Waals surface area (Å²) in [4.78, 5) is 2.52. The van der Waals surface area contributed by atoms with Crippen LogP contribution in [0.3, 0.4) is 0 Å². The molecule has 186 valence electrons. The molecule has 0 N–H and O–H groups in total. The Kier molecular flexibility index (Phi) is 7.96. The summed E-state index contributed by atoms with van der Waals surface area (Å²) in [6.07, 6.45) is -0.530. The number of sulfonamides is 1. The third-order valence-electron chi connectivity index (χ3n) is 6.33. The van der Waals surface area contributed by atoms with Crippen LogP contribution in [0, 0.1) is 25.5 Å². The van der Waals surface area contributed by atoms with Crippen molar-refractivity contribution in [3.05, 3.63) is 101 Å². The lowest BCUT2D eigenvalue weighted by molar-refractivity contribution is 0.0525. The van der Waals surface area contributed by atoms with Gasteiger partial charge >= 0.3 is 0 Å². The standard InChI is InChI=1S/C27H30F2N2O3S/c1-20-8-9-21(2)26(18-20)35(32,33)31-14-12-30(13-15-31)16-17-34-27(22-6-4-3-5-7-22)23-10-11-24(28)25(29)19-23/h3-11,18-19,27H,12-17H2,1-2H3/t27-/m1/s1. The molecule has 35 heavy (non-hydrogen) atoms. The molecule has 0 aromatic heterocycles. The van der Waals surface area contributed by atoms with E-state index in [1.54, 1.807) is 10.4 Å². The molecule has 0 spiro atoms. The summed E-state index contributed by atoms with van der Waals surface area (Å²) in [6.45, 7) is 6.66. The fourth-order valence-electron chi connectivity index (χ4n) is 4.31. The van der Waals surface area contributed by atoms with Crippen LogP contribution in [0.15, 0.2) is 71.6 Å². The van der Waals surface area contributed by atoms with E-state index in [9.17, 15) is 17.2 Å². The largest absolute Gasteiger partial charge is 0.367 e. The number of piperazine rings is 1. The van der Waals surface area contributed by atoms with Crippen molar-refractivity contribution < 1.29 is 21.9 Å². The van der Waals surface area contributed by atoms with Crippen LogP contribution in [0.5, 0.6) is 0 Å². The first kappa shape index (κ1) is 25.4. The molecule has 1 fully saturated rings. The molecular weight excluding hydrogens is 470 g/mol. The van der Waals surface area contributed by atoms with Crippen molar-refractivity contribution in [3.63, 3.8) is 0 Å². The second kappa shape index (κ2) is 11.0. The Morgan fingerprint density at radius 1 is 0.857 bits per heavy atom. The molecule has 0 amide bonds. The molecule has 3 aromatic rings. The maximum absolute atomic E-state index is 13.9. The van der Waals surface area contributed by atoms with E-state index in [-0.39, 0.29) is 0 Å². The minimum absolute atomic E-state index is 0.363. The summed E-state index contributed by atoms with van der Waals surface area (Å²) in [5.74, 6) is -1.80. The van der Waals surface area contributed by atoms with Crippen LogP contribution >= 0.6 is 0 Å². The Labute approximate surface area is 206 Å². The lowest BCUT2D eigenvalue weighted by Gasteiger charge is -2.34. The third-order valence-corrected chi connectivity index (χ3v) is 8.37. The summed E-state index contributed by atoms with van der Waals surface area (Å²) in [7, 11) is -3.54. The van der Waals surface area contributed by atoms with Gasteiger partial charge in [0.2, 0.25) is 10.0 Å². The maximum atomic E-state index is 13.9. The first-order valence-electron chi connectivity index (χ1n) is 11.7. The van der Waals surface area contributed by atoms with E-state index < -0.39 is 27.8 Å². The zero-order valence-corrected chi connectivity index (χ0v) is 20.8. The van der Waals surface area contributed by atoms with Gasteiger partial charge in [-0.3, -0.25) is 4.90 Å². The van der Waals surface area contributed by atoms with E-state index in [0.29, 0.717) is 49.8 Å². The summed E-state index contributed by atoms with van der Waals surface area (Å²) >= 11 is 0. The van der Waals surface area contributed by atoms with Gasteiger partial charge in [0.1, 0.15) is 6.10 Å². The smallest absolute Gasteiger partial charge is 0.243 e. The van der Waals surface area contributed by atoms with Crippen molar-refractivity contribution in [3.8, 4) is 0 Å². The number of aryl methyl sites for hydroxylation is 2. The Hall–Kier alpha value is -2.65. The van der Waals surface area contributed by atoms with Crippen LogP contribution in [0.4, 0.5) is 8.78 Å². The third kappa shape index (κ3) is 5.95. The van der Waals surface area contributed by atoms with E-state index in [1.807, 2.05) is 56.3 Å². The Morgan fingerprint density at radius 2 is 1.57 bits per heavy atom. The minimum atomic E-state index is -3.54. The van der Waals surface area contributed by atoms with Gasteiger partial charge in [0.05, 0.1) is 11.5 Å². The molecule has 1 aliphatic rings. The molecule has 5 nitrogen and oxygen atoms in total. The predicted molar refractivity (Wildman–Crippen MR) is 132 cm³/mol. The van der Waals surface area contributed by atoms with Crippen LogP contribution in [-0.4, -0.2) is 57.0 Å². The Balaban J connectivity index is 1.37. The van der Waals surface area contributed by atoms with Crippen LogP contribution in [0.25, 0.3) is 0 Å². The number of hydrogen-bond acceptors (Lipinski definition) is 4. The molecule has 0 bridgehead atoms. The van der Waals surface area contributed by atoms with Crippen LogP contribution in [-0.2, 0) is 14.8 Å². The molecule has 0 unspecified atom stereocenters. The van der Waals surface area contributed by atoms with Crippen molar-refractivity contribution in [1.82, 2.24) is 9.21 Å². The van der Waals surface area contributed by atoms with Gasteiger partial charge in [-0.25, -0.2) is 17.2 Å². The molecule has 1 heterocycles. The van der Waals surface area contributed by atoms with E-state index in [2.05, 4.69) is 4.90 Å². The molecule has 1 saturated heterocycles. The highest BCUT2D eigenvalue weighted by Crippen LogP contribution is 2.27. The van der Waals surface area contributed by atoms with Crippen LogP contribution in [0.1, 0.15) is 28.4 Å². The molecule has 0 radical (unpaired) electrons. The number of halogens is 2.